The molecular weight excluding hydrogens is 363 g/mol. The fourth-order valence-corrected chi connectivity index (χ4v) is 6.37. The van der Waals surface area contributed by atoms with Crippen LogP contribution in [0.2, 0.25) is 0 Å². The van der Waals surface area contributed by atoms with Gasteiger partial charge in [0.25, 0.3) is 0 Å². The molecule has 0 radical (unpaired) electrons. The Morgan fingerprint density at radius 1 is 1.18 bits per heavy atom. The summed E-state index contributed by atoms with van der Waals surface area (Å²) in [5.41, 5.74) is 6.06. The average molecular weight is 388 g/mol. The van der Waals surface area contributed by atoms with Gasteiger partial charge in [-0.2, -0.15) is 9.49 Å². The summed E-state index contributed by atoms with van der Waals surface area (Å²) in [5, 5.41) is 7.37. The first-order valence-electron chi connectivity index (χ1n) is 10.2. The van der Waals surface area contributed by atoms with Crippen molar-refractivity contribution in [3.8, 4) is 0 Å². The monoisotopic (exact) mass is 388 g/mol. The maximum Gasteiger partial charge on any atom is 0.410 e. The van der Waals surface area contributed by atoms with Gasteiger partial charge in [-0.25, -0.2) is 4.79 Å². The van der Waals surface area contributed by atoms with Crippen molar-refractivity contribution in [2.24, 2.45) is 28.9 Å². The summed E-state index contributed by atoms with van der Waals surface area (Å²) < 4.78 is 19.0. The Bertz CT molecular complexity index is 785. The summed E-state index contributed by atoms with van der Waals surface area (Å²) >= 11 is 0. The molecule has 28 heavy (non-hydrogen) atoms. The number of amides is 2. The zero-order chi connectivity index (χ0) is 19.5. The molecule has 4 saturated carbocycles. The lowest BCUT2D eigenvalue weighted by molar-refractivity contribution is -0.161. The van der Waals surface area contributed by atoms with E-state index in [0.717, 1.165) is 38.5 Å². The largest absolute Gasteiger partial charge is 0.446 e. The molecule has 1 aromatic heterocycles. The van der Waals surface area contributed by atoms with Crippen LogP contribution in [0.1, 0.15) is 50.1 Å². The molecule has 2 heterocycles. The van der Waals surface area contributed by atoms with E-state index in [-0.39, 0.29) is 41.3 Å². The van der Waals surface area contributed by atoms with Gasteiger partial charge in [-0.1, -0.05) is 0 Å². The van der Waals surface area contributed by atoms with E-state index in [0.29, 0.717) is 24.7 Å². The Morgan fingerprint density at radius 2 is 1.93 bits per heavy atom. The fraction of sp³-hybridized carbons (Fsp3) is 0.700. The molecule has 6 rings (SSSR count). The highest BCUT2D eigenvalue weighted by Gasteiger charge is 2.59. The van der Waals surface area contributed by atoms with Crippen LogP contribution < -0.4 is 5.73 Å². The highest BCUT2D eigenvalue weighted by atomic mass is 19.1. The predicted molar refractivity (Wildman–Crippen MR) is 96.4 cm³/mol. The number of halogens is 1. The van der Waals surface area contributed by atoms with Gasteiger partial charge in [0, 0.05) is 19.0 Å². The Balaban J connectivity index is 1.23. The number of nitrogens with zero attached hydrogens (tertiary/aromatic N) is 3. The van der Waals surface area contributed by atoms with Crippen LogP contribution in [0.15, 0.2) is 12.1 Å². The molecule has 7 nitrogen and oxygen atoms in total. The van der Waals surface area contributed by atoms with Gasteiger partial charge in [0.2, 0.25) is 11.9 Å². The number of ether oxygens (including phenoxy) is 1. The van der Waals surface area contributed by atoms with Crippen LogP contribution in [0.3, 0.4) is 0 Å². The highest BCUT2D eigenvalue weighted by Crippen LogP contribution is 2.60. The number of nitrogens with two attached hydrogens (primary N) is 1. The summed E-state index contributed by atoms with van der Waals surface area (Å²) in [6.07, 6.45) is 4.82. The van der Waals surface area contributed by atoms with E-state index < -0.39 is 5.95 Å². The number of hydrogen-bond acceptors (Lipinski definition) is 5. The molecule has 150 valence electrons. The minimum absolute atomic E-state index is 0.0530. The lowest BCUT2D eigenvalue weighted by Gasteiger charge is -2.58. The SMILES string of the molecule is NC(=O)C12CC3CC(C1)C(OC(=O)N1CCC(c4ccc(F)nn4)C1)C(C3)C2. The first-order chi connectivity index (χ1) is 13.4. The van der Waals surface area contributed by atoms with Crippen molar-refractivity contribution < 1.29 is 18.7 Å². The van der Waals surface area contributed by atoms with Crippen LogP contribution in [-0.4, -0.2) is 46.3 Å². The van der Waals surface area contributed by atoms with Gasteiger partial charge in [-0.05, 0) is 68.4 Å². The molecule has 1 aliphatic heterocycles. The molecule has 3 atom stereocenters. The lowest BCUT2D eigenvalue weighted by Crippen LogP contribution is -2.59. The predicted octanol–water partition coefficient (Wildman–Crippen LogP) is 2.22. The summed E-state index contributed by atoms with van der Waals surface area (Å²) in [4.78, 5) is 26.6. The van der Waals surface area contributed by atoms with Crippen molar-refractivity contribution in [1.82, 2.24) is 15.1 Å². The third-order valence-corrected chi connectivity index (χ3v) is 7.46. The van der Waals surface area contributed by atoms with E-state index in [1.807, 2.05) is 0 Å². The van der Waals surface area contributed by atoms with Gasteiger partial charge in [-0.3, -0.25) is 4.79 Å². The first-order valence-corrected chi connectivity index (χ1v) is 10.2. The minimum atomic E-state index is -0.603. The van der Waals surface area contributed by atoms with Gasteiger partial charge < -0.3 is 15.4 Å². The first kappa shape index (κ1) is 17.8. The number of hydrogen-bond donors (Lipinski definition) is 1. The van der Waals surface area contributed by atoms with E-state index in [1.54, 1.807) is 11.0 Å². The maximum atomic E-state index is 13.0. The Morgan fingerprint density at radius 3 is 2.57 bits per heavy atom. The van der Waals surface area contributed by atoms with Crippen molar-refractivity contribution in [1.29, 1.82) is 0 Å². The van der Waals surface area contributed by atoms with Crippen molar-refractivity contribution in [3.63, 3.8) is 0 Å². The van der Waals surface area contributed by atoms with E-state index in [1.165, 1.54) is 6.07 Å². The van der Waals surface area contributed by atoms with Gasteiger partial charge in [0.15, 0.2) is 0 Å². The number of primary amides is 1. The average Bonchev–Trinajstić information content (AvgIpc) is 3.15. The van der Waals surface area contributed by atoms with Gasteiger partial charge in [0.1, 0.15) is 6.10 Å². The highest BCUT2D eigenvalue weighted by molar-refractivity contribution is 5.81. The number of carbonyl (C=O) groups is 2. The number of rotatable bonds is 3. The lowest BCUT2D eigenvalue weighted by atomic mass is 9.48. The van der Waals surface area contributed by atoms with E-state index >= 15 is 0 Å². The zero-order valence-electron chi connectivity index (χ0n) is 15.7. The second kappa shape index (κ2) is 6.39. The van der Waals surface area contributed by atoms with Crippen LogP contribution in [0.25, 0.3) is 0 Å². The maximum absolute atomic E-state index is 13.0. The van der Waals surface area contributed by atoms with Crippen LogP contribution in [-0.2, 0) is 9.53 Å². The van der Waals surface area contributed by atoms with Crippen molar-refractivity contribution >= 4 is 12.0 Å². The molecule has 0 spiro atoms. The van der Waals surface area contributed by atoms with Crippen molar-refractivity contribution in [2.45, 2.75) is 50.5 Å². The molecule has 4 bridgehead atoms. The van der Waals surface area contributed by atoms with Gasteiger partial charge in [-0.15, -0.1) is 5.10 Å². The minimum Gasteiger partial charge on any atom is -0.446 e. The Labute approximate surface area is 162 Å². The Kier molecular flexibility index (Phi) is 4.07. The molecule has 0 aromatic carbocycles. The third-order valence-electron chi connectivity index (χ3n) is 7.46. The second-order valence-corrected chi connectivity index (χ2v) is 9.18. The second-order valence-electron chi connectivity index (χ2n) is 9.18. The van der Waals surface area contributed by atoms with Crippen LogP contribution in [0, 0.1) is 29.1 Å². The van der Waals surface area contributed by atoms with E-state index in [4.69, 9.17) is 10.5 Å². The molecule has 3 unspecified atom stereocenters. The molecule has 1 saturated heterocycles. The number of likely N-dealkylation sites (tertiary alicyclic amines) is 1. The molecule has 5 fully saturated rings. The normalized spacial score (nSPS) is 38.6. The third kappa shape index (κ3) is 2.84. The molecule has 2 N–H and O–H groups in total. The van der Waals surface area contributed by atoms with Crippen LogP contribution in [0.4, 0.5) is 9.18 Å². The summed E-state index contributed by atoms with van der Waals surface area (Å²) in [6, 6.07) is 2.93. The van der Waals surface area contributed by atoms with Crippen molar-refractivity contribution in [3.05, 3.63) is 23.8 Å². The molecule has 2 amide bonds. The summed E-state index contributed by atoms with van der Waals surface area (Å²) in [6.45, 7) is 1.10. The zero-order valence-corrected chi connectivity index (χ0v) is 15.7. The smallest absolute Gasteiger partial charge is 0.410 e. The topological polar surface area (TPSA) is 98.4 Å². The summed E-state index contributed by atoms with van der Waals surface area (Å²) in [7, 11) is 0. The molecule has 4 aliphatic carbocycles. The standard InChI is InChI=1S/C20H25FN4O3/c21-16-2-1-15(23-24-16)12-3-4-25(10-12)19(27)28-17-13-5-11-6-14(17)9-20(7-11,8-13)18(22)26/h1-2,11-14,17H,3-10H2,(H2,22,26). The van der Waals surface area contributed by atoms with E-state index in [9.17, 15) is 14.0 Å². The summed E-state index contributed by atoms with van der Waals surface area (Å²) in [5.74, 6) is 0.284. The molecular formula is C20H25FN4O3. The number of carbonyl (C=O) groups excluding carboxylic acids is 2. The quantitative estimate of drug-likeness (QED) is 0.856. The number of aromatic nitrogens is 2. The van der Waals surface area contributed by atoms with Crippen molar-refractivity contribution in [2.75, 3.05) is 13.1 Å². The molecule has 1 aromatic rings. The van der Waals surface area contributed by atoms with Gasteiger partial charge >= 0.3 is 6.09 Å². The van der Waals surface area contributed by atoms with Gasteiger partial charge in [0.05, 0.1) is 11.1 Å². The molecule has 8 heteroatoms. The van der Waals surface area contributed by atoms with Crippen LogP contribution >= 0.6 is 0 Å². The molecule has 5 aliphatic rings. The van der Waals surface area contributed by atoms with Crippen LogP contribution in [0.5, 0.6) is 0 Å². The van der Waals surface area contributed by atoms with E-state index in [2.05, 4.69) is 10.2 Å². The Hall–Kier alpha value is -2.25. The fourth-order valence-electron chi connectivity index (χ4n) is 6.37.